The lowest BCUT2D eigenvalue weighted by Crippen LogP contribution is -2.32. The van der Waals surface area contributed by atoms with E-state index in [0.29, 0.717) is 18.0 Å². The van der Waals surface area contributed by atoms with Gasteiger partial charge in [0.25, 0.3) is 5.91 Å². The Hall–Kier alpha value is -2.90. The fraction of sp³-hybridized carbons (Fsp3) is 0.360. The molecular weight excluding hydrogens is 422 g/mol. The molecule has 1 aromatic heterocycles. The first kappa shape index (κ1) is 23.8. The first-order valence-corrected chi connectivity index (χ1v) is 11.4. The summed E-state index contributed by atoms with van der Waals surface area (Å²) in [4.78, 5) is 22.0. The average Bonchev–Trinajstić information content (AvgIpc) is 3.21. The first-order valence-electron chi connectivity index (χ1n) is 10.6. The lowest BCUT2D eigenvalue weighted by molar-refractivity contribution is -0.114. The zero-order valence-electron chi connectivity index (χ0n) is 19.6. The molecule has 7 heteroatoms. The predicted octanol–water partition coefficient (Wildman–Crippen LogP) is 4.93. The maximum Gasteiger partial charge on any atom is 0.252 e. The first-order chi connectivity index (χ1) is 15.3. The summed E-state index contributed by atoms with van der Waals surface area (Å²) in [5, 5.41) is 0.731. The van der Waals surface area contributed by atoms with Crippen molar-refractivity contribution in [3.8, 4) is 11.5 Å². The van der Waals surface area contributed by atoms with E-state index >= 15 is 0 Å². The van der Waals surface area contributed by atoms with Crippen LogP contribution in [0.2, 0.25) is 0 Å². The molecule has 6 nitrogen and oxygen atoms in total. The Labute approximate surface area is 194 Å². The third kappa shape index (κ3) is 5.47. The Morgan fingerprint density at radius 1 is 1.06 bits per heavy atom. The van der Waals surface area contributed by atoms with Gasteiger partial charge >= 0.3 is 0 Å². The molecular formula is C25H31N3O3S. The molecule has 0 atom stereocenters. The van der Waals surface area contributed by atoms with E-state index in [1.165, 1.54) is 5.56 Å². The molecule has 0 N–H and O–H groups in total. The van der Waals surface area contributed by atoms with Gasteiger partial charge in [-0.15, -0.1) is 0 Å². The van der Waals surface area contributed by atoms with E-state index < -0.39 is 0 Å². The Morgan fingerprint density at radius 3 is 2.50 bits per heavy atom. The second kappa shape index (κ2) is 10.6. The zero-order chi connectivity index (χ0) is 23.3. The summed E-state index contributed by atoms with van der Waals surface area (Å²) in [5.41, 5.74) is 4.19. The highest BCUT2D eigenvalue weighted by Gasteiger charge is 2.19. The fourth-order valence-electron chi connectivity index (χ4n) is 3.39. The second-order valence-electron chi connectivity index (χ2n) is 7.95. The van der Waals surface area contributed by atoms with Crippen LogP contribution in [0.3, 0.4) is 0 Å². The number of carbonyl (C=O) groups is 1. The minimum absolute atomic E-state index is 0.0908. The van der Waals surface area contributed by atoms with Gasteiger partial charge in [0.15, 0.2) is 16.6 Å². The summed E-state index contributed by atoms with van der Waals surface area (Å²) in [6.07, 6.45) is 4.25. The van der Waals surface area contributed by atoms with Crippen molar-refractivity contribution < 1.29 is 14.3 Å². The van der Waals surface area contributed by atoms with Gasteiger partial charge in [-0.05, 0) is 81.9 Å². The normalized spacial score (nSPS) is 11.5. The summed E-state index contributed by atoms with van der Waals surface area (Å²) in [5.74, 6) is 1.19. The highest BCUT2D eigenvalue weighted by Crippen LogP contribution is 2.32. The van der Waals surface area contributed by atoms with Crippen LogP contribution < -0.4 is 14.4 Å². The van der Waals surface area contributed by atoms with Crippen molar-refractivity contribution in [1.29, 1.82) is 0 Å². The Kier molecular flexibility index (Phi) is 7.88. The van der Waals surface area contributed by atoms with E-state index in [9.17, 15) is 4.79 Å². The number of aromatic nitrogens is 1. The van der Waals surface area contributed by atoms with Gasteiger partial charge < -0.3 is 14.4 Å². The molecule has 32 heavy (non-hydrogen) atoms. The van der Waals surface area contributed by atoms with Crippen LogP contribution in [0.25, 0.3) is 16.3 Å². The molecule has 0 saturated heterocycles. The number of ether oxygens (including phenoxy) is 2. The fourth-order valence-corrected chi connectivity index (χ4v) is 4.45. The number of hydrogen-bond donors (Lipinski definition) is 0. The van der Waals surface area contributed by atoms with Crippen LogP contribution >= 0.6 is 11.3 Å². The van der Waals surface area contributed by atoms with Crippen LogP contribution in [0, 0.1) is 13.8 Å². The van der Waals surface area contributed by atoms with Crippen molar-refractivity contribution >= 4 is 38.7 Å². The third-order valence-electron chi connectivity index (χ3n) is 5.38. The van der Waals surface area contributed by atoms with E-state index in [1.54, 1.807) is 42.6 Å². The summed E-state index contributed by atoms with van der Waals surface area (Å²) in [7, 11) is 7.27. The number of aryl methyl sites for hydroxylation is 2. The Balaban J connectivity index is 1.89. The maximum atomic E-state index is 13.2. The number of methoxy groups -OCH3 is 2. The number of thiazole rings is 1. The number of rotatable bonds is 9. The number of fused-ring (bicyclic) bond motifs is 1. The van der Waals surface area contributed by atoms with E-state index in [4.69, 9.17) is 14.5 Å². The quantitative estimate of drug-likeness (QED) is 0.430. The van der Waals surface area contributed by atoms with Gasteiger partial charge in [0.1, 0.15) is 0 Å². The Bertz CT molecular complexity index is 1120. The van der Waals surface area contributed by atoms with E-state index in [0.717, 1.165) is 39.4 Å². The largest absolute Gasteiger partial charge is 0.493 e. The summed E-state index contributed by atoms with van der Waals surface area (Å²) >= 11 is 1.56. The SMILES string of the molecule is COc1ccc(C=CC(=O)N(CCCN(C)C)c2nc3c(C)c(C)ccc3s2)cc1OC. The van der Waals surface area contributed by atoms with Gasteiger partial charge in [0.2, 0.25) is 0 Å². The van der Waals surface area contributed by atoms with Crippen molar-refractivity contribution in [3.63, 3.8) is 0 Å². The monoisotopic (exact) mass is 453 g/mol. The van der Waals surface area contributed by atoms with Crippen LogP contribution in [0.15, 0.2) is 36.4 Å². The molecule has 0 aliphatic carbocycles. The van der Waals surface area contributed by atoms with Crippen molar-refractivity contribution in [3.05, 3.63) is 53.1 Å². The molecule has 170 valence electrons. The molecule has 1 amide bonds. The summed E-state index contributed by atoms with van der Waals surface area (Å²) < 4.78 is 11.7. The minimum atomic E-state index is -0.0908. The van der Waals surface area contributed by atoms with Crippen LogP contribution in [0.5, 0.6) is 11.5 Å². The van der Waals surface area contributed by atoms with Gasteiger partial charge in [-0.2, -0.15) is 0 Å². The van der Waals surface area contributed by atoms with Gasteiger partial charge in [-0.3, -0.25) is 9.69 Å². The molecule has 1 heterocycles. The molecule has 3 aromatic rings. The number of anilines is 1. The second-order valence-corrected chi connectivity index (χ2v) is 8.95. The Morgan fingerprint density at radius 2 is 1.81 bits per heavy atom. The van der Waals surface area contributed by atoms with E-state index in [-0.39, 0.29) is 5.91 Å². The number of amides is 1. The predicted molar refractivity (Wildman–Crippen MR) is 133 cm³/mol. The van der Waals surface area contributed by atoms with Crippen LogP contribution in [0.1, 0.15) is 23.1 Å². The topological polar surface area (TPSA) is 54.9 Å². The highest BCUT2D eigenvalue weighted by molar-refractivity contribution is 7.22. The van der Waals surface area contributed by atoms with Gasteiger partial charge in [-0.25, -0.2) is 4.98 Å². The molecule has 0 aliphatic rings. The average molecular weight is 454 g/mol. The van der Waals surface area contributed by atoms with Crippen molar-refractivity contribution in [2.45, 2.75) is 20.3 Å². The molecule has 0 radical (unpaired) electrons. The summed E-state index contributed by atoms with van der Waals surface area (Å²) in [6.45, 7) is 5.66. The molecule has 0 bridgehead atoms. The zero-order valence-corrected chi connectivity index (χ0v) is 20.5. The van der Waals surface area contributed by atoms with Crippen molar-refractivity contribution in [2.75, 3.05) is 46.3 Å². The van der Waals surface area contributed by atoms with Crippen LogP contribution in [-0.2, 0) is 4.79 Å². The lowest BCUT2D eigenvalue weighted by Gasteiger charge is -2.19. The van der Waals surface area contributed by atoms with Gasteiger partial charge in [0.05, 0.1) is 24.4 Å². The molecule has 3 rings (SSSR count). The van der Waals surface area contributed by atoms with Gasteiger partial charge in [0, 0.05) is 12.6 Å². The third-order valence-corrected chi connectivity index (χ3v) is 6.43. The summed E-state index contributed by atoms with van der Waals surface area (Å²) in [6, 6.07) is 9.76. The van der Waals surface area contributed by atoms with Crippen LogP contribution in [0.4, 0.5) is 5.13 Å². The van der Waals surface area contributed by atoms with E-state index in [2.05, 4.69) is 30.9 Å². The standard InChI is InChI=1S/C25H31N3O3S/c1-17-8-12-22-24(18(17)2)26-25(32-22)28(15-7-14-27(3)4)23(29)13-10-19-9-11-20(30-5)21(16-19)31-6/h8-13,16H,7,14-15H2,1-6H3. The van der Waals surface area contributed by atoms with Gasteiger partial charge in [-0.1, -0.05) is 23.5 Å². The van der Waals surface area contributed by atoms with Crippen molar-refractivity contribution in [1.82, 2.24) is 9.88 Å². The number of benzene rings is 2. The van der Waals surface area contributed by atoms with Crippen molar-refractivity contribution in [2.24, 2.45) is 0 Å². The molecule has 0 unspecified atom stereocenters. The number of carbonyl (C=O) groups excluding carboxylic acids is 1. The molecule has 0 fully saturated rings. The maximum absolute atomic E-state index is 13.2. The van der Waals surface area contributed by atoms with Crippen LogP contribution in [-0.4, -0.2) is 57.2 Å². The van der Waals surface area contributed by atoms with E-state index in [1.807, 2.05) is 32.3 Å². The highest BCUT2D eigenvalue weighted by atomic mass is 32.1. The number of hydrogen-bond acceptors (Lipinski definition) is 6. The molecule has 0 aliphatic heterocycles. The molecule has 0 spiro atoms. The molecule has 0 saturated carbocycles. The minimum Gasteiger partial charge on any atom is -0.493 e. The number of nitrogens with zero attached hydrogens (tertiary/aromatic N) is 3. The lowest BCUT2D eigenvalue weighted by atomic mass is 10.1. The molecule has 2 aromatic carbocycles. The smallest absolute Gasteiger partial charge is 0.252 e.